The molecule has 7 heteroatoms. The summed E-state index contributed by atoms with van der Waals surface area (Å²) < 4.78 is 0. The Morgan fingerprint density at radius 2 is 1.67 bits per heavy atom. The fraction of sp³-hybridized carbons (Fsp3) is 0.556. The van der Waals surface area contributed by atoms with E-state index in [2.05, 4.69) is 87.7 Å². The second-order valence-corrected chi connectivity index (χ2v) is 14.0. The van der Waals surface area contributed by atoms with E-state index in [0.717, 1.165) is 82.2 Å². The highest BCUT2D eigenvalue weighted by atomic mass is 32.1. The van der Waals surface area contributed by atoms with Crippen molar-refractivity contribution in [3.8, 4) is 0 Å². The first-order valence-electron chi connectivity index (χ1n) is 16.5. The topological polar surface area (TPSA) is 59.9 Å². The van der Waals surface area contributed by atoms with Crippen LogP contribution in [0, 0.1) is 18.8 Å². The number of aryl methyl sites for hydroxylation is 1. The number of nitrogens with zero attached hydrogens (tertiary/aromatic N) is 4. The molecular formula is C36H48N4O2S. The van der Waals surface area contributed by atoms with Gasteiger partial charge in [-0.15, -0.1) is 11.3 Å². The summed E-state index contributed by atoms with van der Waals surface area (Å²) in [6, 6.07) is 21.8. The third-order valence-corrected chi connectivity index (χ3v) is 11.3. The standard InChI is InChI=1S/C36H48N4O2S/c1-27-26-43-36(37-27)40(22-17-28-11-5-2-6-12-28)32-18-20-38(21-19-32)23-31-24-39(25-33(31)29-13-7-3-8-14-29)34(35(41)42)30-15-9-4-10-16-30/h2-3,5-8,11-14,26,30-34H,4,9-10,15-25H2,1H3,(H,41,42)/t31-,33+,34+/m0/s1. The predicted octanol–water partition coefficient (Wildman–Crippen LogP) is 6.71. The van der Waals surface area contributed by atoms with E-state index in [1.165, 1.54) is 30.4 Å². The Hall–Kier alpha value is -2.74. The number of benzene rings is 2. The Morgan fingerprint density at radius 1 is 0.977 bits per heavy atom. The first kappa shape index (κ1) is 30.3. The van der Waals surface area contributed by atoms with Crippen molar-refractivity contribution in [1.29, 1.82) is 0 Å². The lowest BCUT2D eigenvalue weighted by molar-refractivity contribution is -0.145. The van der Waals surface area contributed by atoms with E-state index in [9.17, 15) is 9.90 Å². The predicted molar refractivity (Wildman–Crippen MR) is 176 cm³/mol. The molecule has 3 fully saturated rings. The molecule has 0 unspecified atom stereocenters. The van der Waals surface area contributed by atoms with Crippen molar-refractivity contribution < 1.29 is 9.90 Å². The number of thiazole rings is 1. The van der Waals surface area contributed by atoms with Crippen LogP contribution >= 0.6 is 11.3 Å². The summed E-state index contributed by atoms with van der Waals surface area (Å²) in [5.74, 6) is 0.493. The molecule has 3 heterocycles. The van der Waals surface area contributed by atoms with Crippen LogP contribution in [0.15, 0.2) is 66.0 Å². The van der Waals surface area contributed by atoms with Gasteiger partial charge in [0.05, 0.1) is 5.69 Å². The zero-order valence-electron chi connectivity index (χ0n) is 25.7. The van der Waals surface area contributed by atoms with E-state index in [1.54, 1.807) is 11.3 Å². The fourth-order valence-electron chi connectivity index (χ4n) is 8.05. The number of aromatic nitrogens is 1. The number of carboxylic acid groups (broad SMARTS) is 1. The van der Waals surface area contributed by atoms with Crippen LogP contribution in [0.4, 0.5) is 5.13 Å². The van der Waals surface area contributed by atoms with Crippen LogP contribution in [0.2, 0.25) is 0 Å². The van der Waals surface area contributed by atoms with Gasteiger partial charge in [-0.3, -0.25) is 9.69 Å². The molecule has 3 aromatic rings. The molecular weight excluding hydrogens is 552 g/mol. The first-order chi connectivity index (χ1) is 21.0. The van der Waals surface area contributed by atoms with Gasteiger partial charge < -0.3 is 14.9 Å². The maximum absolute atomic E-state index is 12.6. The molecule has 6 nitrogen and oxygen atoms in total. The molecule has 3 atom stereocenters. The van der Waals surface area contributed by atoms with E-state index < -0.39 is 5.97 Å². The minimum absolute atomic E-state index is 0.286. The third-order valence-electron chi connectivity index (χ3n) is 10.3. The van der Waals surface area contributed by atoms with Gasteiger partial charge in [-0.1, -0.05) is 79.9 Å². The molecule has 0 radical (unpaired) electrons. The molecule has 1 aromatic heterocycles. The number of rotatable bonds is 11. The van der Waals surface area contributed by atoms with Crippen molar-refractivity contribution in [2.45, 2.75) is 76.3 Å². The van der Waals surface area contributed by atoms with Crippen LogP contribution < -0.4 is 4.90 Å². The van der Waals surface area contributed by atoms with Crippen molar-refractivity contribution in [2.75, 3.05) is 44.2 Å². The Labute approximate surface area is 261 Å². The summed E-state index contributed by atoms with van der Waals surface area (Å²) in [5, 5.41) is 13.7. The van der Waals surface area contributed by atoms with Crippen molar-refractivity contribution in [2.24, 2.45) is 11.8 Å². The van der Waals surface area contributed by atoms with E-state index in [-0.39, 0.29) is 12.0 Å². The van der Waals surface area contributed by atoms with Gasteiger partial charge in [0.15, 0.2) is 5.13 Å². The number of piperidine rings is 1. The van der Waals surface area contributed by atoms with Crippen LogP contribution in [0.5, 0.6) is 0 Å². The van der Waals surface area contributed by atoms with Gasteiger partial charge in [-0.25, -0.2) is 4.98 Å². The number of anilines is 1. The van der Waals surface area contributed by atoms with E-state index in [0.29, 0.717) is 17.9 Å². The van der Waals surface area contributed by atoms with Gasteiger partial charge in [-0.2, -0.15) is 0 Å². The number of carbonyl (C=O) groups is 1. The summed E-state index contributed by atoms with van der Waals surface area (Å²) in [6.45, 7) is 8.03. The molecule has 2 saturated heterocycles. The molecule has 230 valence electrons. The summed E-state index contributed by atoms with van der Waals surface area (Å²) in [7, 11) is 0. The van der Waals surface area contributed by atoms with Gasteiger partial charge >= 0.3 is 5.97 Å². The highest BCUT2D eigenvalue weighted by Gasteiger charge is 2.43. The molecule has 1 saturated carbocycles. The lowest BCUT2D eigenvalue weighted by Crippen LogP contribution is -2.48. The molecule has 1 aliphatic carbocycles. The van der Waals surface area contributed by atoms with Gasteiger partial charge in [0.25, 0.3) is 0 Å². The van der Waals surface area contributed by atoms with Crippen molar-refractivity contribution >= 4 is 22.4 Å². The van der Waals surface area contributed by atoms with E-state index in [4.69, 9.17) is 4.98 Å². The first-order valence-corrected chi connectivity index (χ1v) is 17.4. The van der Waals surface area contributed by atoms with Gasteiger partial charge in [0, 0.05) is 56.6 Å². The quantitative estimate of drug-likeness (QED) is 0.264. The summed E-state index contributed by atoms with van der Waals surface area (Å²) in [4.78, 5) is 25.1. The molecule has 1 N–H and O–H groups in total. The number of aliphatic carboxylic acids is 1. The van der Waals surface area contributed by atoms with E-state index in [1.807, 2.05) is 0 Å². The number of hydrogen-bond acceptors (Lipinski definition) is 6. The second kappa shape index (κ2) is 14.4. The summed E-state index contributed by atoms with van der Waals surface area (Å²) in [5.41, 5.74) is 3.85. The maximum atomic E-state index is 12.6. The normalized spacial score (nSPS) is 23.4. The molecule has 0 bridgehead atoms. The Morgan fingerprint density at radius 3 is 2.33 bits per heavy atom. The second-order valence-electron chi connectivity index (χ2n) is 13.1. The smallest absolute Gasteiger partial charge is 0.321 e. The van der Waals surface area contributed by atoms with Crippen molar-refractivity contribution in [1.82, 2.24) is 14.8 Å². The molecule has 0 amide bonds. The van der Waals surface area contributed by atoms with E-state index >= 15 is 0 Å². The highest BCUT2D eigenvalue weighted by molar-refractivity contribution is 7.13. The highest BCUT2D eigenvalue weighted by Crippen LogP contribution is 2.39. The zero-order chi connectivity index (χ0) is 29.6. The Bertz CT molecular complexity index is 1290. The minimum atomic E-state index is -0.617. The lowest BCUT2D eigenvalue weighted by atomic mass is 9.83. The lowest BCUT2D eigenvalue weighted by Gasteiger charge is -2.40. The minimum Gasteiger partial charge on any atom is -0.480 e. The Kier molecular flexibility index (Phi) is 10.1. The number of likely N-dealkylation sites (tertiary alicyclic amines) is 2. The molecule has 2 aromatic carbocycles. The molecule has 43 heavy (non-hydrogen) atoms. The summed E-state index contributed by atoms with van der Waals surface area (Å²) in [6.07, 6.45) is 9.01. The number of hydrogen-bond donors (Lipinski definition) is 1. The monoisotopic (exact) mass is 600 g/mol. The molecule has 2 aliphatic heterocycles. The van der Waals surface area contributed by atoms with Crippen LogP contribution in [0.3, 0.4) is 0 Å². The van der Waals surface area contributed by atoms with Crippen molar-refractivity contribution in [3.63, 3.8) is 0 Å². The fourth-order valence-corrected chi connectivity index (χ4v) is 8.95. The van der Waals surface area contributed by atoms with Gasteiger partial charge in [-0.05, 0) is 62.0 Å². The third kappa shape index (κ3) is 7.50. The van der Waals surface area contributed by atoms with Crippen LogP contribution in [-0.2, 0) is 11.2 Å². The number of carboxylic acids is 1. The van der Waals surface area contributed by atoms with Gasteiger partial charge in [0.2, 0.25) is 0 Å². The SMILES string of the molecule is Cc1csc(N(CCc2ccccc2)C2CCN(C[C@H]3CN([C@@H](C(=O)O)C4CCCCC4)C[C@@H]3c3ccccc3)CC2)n1. The average Bonchev–Trinajstić information content (AvgIpc) is 3.65. The average molecular weight is 601 g/mol. The van der Waals surface area contributed by atoms with Crippen LogP contribution in [0.1, 0.15) is 67.7 Å². The zero-order valence-corrected chi connectivity index (χ0v) is 26.5. The maximum Gasteiger partial charge on any atom is 0.321 e. The van der Waals surface area contributed by atoms with Crippen LogP contribution in [0.25, 0.3) is 0 Å². The van der Waals surface area contributed by atoms with Gasteiger partial charge in [0.1, 0.15) is 6.04 Å². The molecule has 3 aliphatic rings. The molecule has 0 spiro atoms. The Balaban J connectivity index is 1.12. The van der Waals surface area contributed by atoms with Crippen LogP contribution in [-0.4, -0.2) is 77.2 Å². The largest absolute Gasteiger partial charge is 0.480 e. The van der Waals surface area contributed by atoms with Crippen molar-refractivity contribution in [3.05, 3.63) is 82.9 Å². The summed E-state index contributed by atoms with van der Waals surface area (Å²) >= 11 is 1.78. The molecule has 6 rings (SSSR count).